The smallest absolute Gasteiger partial charge is 0.337 e. The van der Waals surface area contributed by atoms with E-state index in [1.807, 2.05) is 30.3 Å². The van der Waals surface area contributed by atoms with Gasteiger partial charge in [-0.15, -0.1) is 0 Å². The van der Waals surface area contributed by atoms with E-state index in [0.717, 1.165) is 61.8 Å². The summed E-state index contributed by atoms with van der Waals surface area (Å²) in [6.07, 6.45) is 1.13. The van der Waals surface area contributed by atoms with Crippen molar-refractivity contribution in [3.63, 3.8) is 0 Å². The first kappa shape index (κ1) is 28.9. The second-order valence-corrected chi connectivity index (χ2v) is 12.1. The fourth-order valence-corrected chi connectivity index (χ4v) is 6.53. The molecule has 0 bridgehead atoms. The molecule has 3 aromatic carbocycles. The Morgan fingerprint density at radius 2 is 1.93 bits per heavy atom. The summed E-state index contributed by atoms with van der Waals surface area (Å²) in [6.45, 7) is 8.46. The average molecular weight is 621 g/mol. The van der Waals surface area contributed by atoms with E-state index in [4.69, 9.17) is 35.5 Å². The van der Waals surface area contributed by atoms with Crippen molar-refractivity contribution in [3.8, 4) is 11.5 Å². The third kappa shape index (κ3) is 5.04. The van der Waals surface area contributed by atoms with Crippen molar-refractivity contribution < 1.29 is 28.1 Å². The first-order valence-electron chi connectivity index (χ1n) is 14.9. The van der Waals surface area contributed by atoms with Crippen molar-refractivity contribution in [1.82, 2.24) is 14.5 Å². The van der Waals surface area contributed by atoms with E-state index in [9.17, 15) is 9.18 Å². The number of piperazine rings is 1. The maximum atomic E-state index is 14.9. The number of methoxy groups -OCH3 is 1. The van der Waals surface area contributed by atoms with Crippen LogP contribution in [0.4, 0.5) is 10.1 Å². The molecule has 0 spiro atoms. The standard InChI is InChI=1S/C33H34ClFN4O5/c1-20(31-36-26-10-7-21(32(40)41-3)17-28(26)39(31)19-23-11-16-42-23)37-12-14-38(15-13-37)27-5-4-6-29-30(27)44-33(2,43-29)24-9-8-22(34)18-25(24)35/h4-10,17-18,20,23H,11-16,19H2,1-3H3/t20?,23-,33?/m0/s1. The van der Waals surface area contributed by atoms with Gasteiger partial charge in [0, 0.05) is 44.7 Å². The Bertz CT molecular complexity index is 1730. The first-order valence-corrected chi connectivity index (χ1v) is 15.3. The zero-order valence-corrected chi connectivity index (χ0v) is 25.6. The molecule has 9 nitrogen and oxygen atoms in total. The number of fused-ring (bicyclic) bond motifs is 2. The highest BCUT2D eigenvalue weighted by Crippen LogP contribution is 2.50. The maximum absolute atomic E-state index is 14.9. The largest absolute Gasteiger partial charge is 0.465 e. The highest BCUT2D eigenvalue weighted by molar-refractivity contribution is 6.30. The second-order valence-electron chi connectivity index (χ2n) is 11.6. The van der Waals surface area contributed by atoms with Gasteiger partial charge in [0.2, 0.25) is 0 Å². The van der Waals surface area contributed by atoms with Crippen molar-refractivity contribution in [3.05, 3.63) is 82.4 Å². The highest BCUT2D eigenvalue weighted by Gasteiger charge is 2.43. The number of hydrogen-bond acceptors (Lipinski definition) is 8. The van der Waals surface area contributed by atoms with E-state index >= 15 is 0 Å². The van der Waals surface area contributed by atoms with E-state index in [-0.39, 0.29) is 23.7 Å². The molecule has 44 heavy (non-hydrogen) atoms. The van der Waals surface area contributed by atoms with Crippen molar-refractivity contribution in [1.29, 1.82) is 0 Å². The van der Waals surface area contributed by atoms with Crippen LogP contribution in [0.5, 0.6) is 11.5 Å². The van der Waals surface area contributed by atoms with Gasteiger partial charge >= 0.3 is 5.97 Å². The third-order valence-corrected chi connectivity index (χ3v) is 9.17. The minimum Gasteiger partial charge on any atom is -0.465 e. The maximum Gasteiger partial charge on any atom is 0.337 e. The summed E-state index contributed by atoms with van der Waals surface area (Å²) < 4.78 is 40.3. The van der Waals surface area contributed by atoms with Gasteiger partial charge in [-0.25, -0.2) is 14.2 Å². The normalized spacial score (nSPS) is 22.2. The minimum atomic E-state index is -1.31. The average Bonchev–Trinajstić information content (AvgIpc) is 3.55. The fraction of sp³-hybridized carbons (Fsp3) is 0.394. The summed E-state index contributed by atoms with van der Waals surface area (Å²) in [5.41, 5.74) is 3.45. The number of anilines is 1. The molecule has 7 rings (SSSR count). The van der Waals surface area contributed by atoms with E-state index in [2.05, 4.69) is 21.3 Å². The number of halogens is 2. The number of nitrogens with zero attached hydrogens (tertiary/aromatic N) is 4. The number of hydrogen-bond donors (Lipinski definition) is 0. The zero-order chi connectivity index (χ0) is 30.6. The molecule has 4 aromatic rings. The van der Waals surface area contributed by atoms with Gasteiger partial charge in [0.1, 0.15) is 11.6 Å². The number of carbonyl (C=O) groups is 1. The van der Waals surface area contributed by atoms with Crippen molar-refractivity contribution >= 4 is 34.3 Å². The van der Waals surface area contributed by atoms with Gasteiger partial charge in [-0.2, -0.15) is 0 Å². The quantitative estimate of drug-likeness (QED) is 0.235. The molecule has 2 fully saturated rings. The van der Waals surface area contributed by atoms with Crippen LogP contribution in [0, 0.1) is 5.82 Å². The lowest BCUT2D eigenvalue weighted by Gasteiger charge is -2.39. The Labute approximate surface area is 260 Å². The second kappa shape index (κ2) is 11.3. The molecule has 0 radical (unpaired) electrons. The summed E-state index contributed by atoms with van der Waals surface area (Å²) in [7, 11) is 1.39. The molecule has 2 unspecified atom stereocenters. The zero-order valence-electron chi connectivity index (χ0n) is 24.9. The van der Waals surface area contributed by atoms with Gasteiger partial charge in [-0.05, 0) is 61.9 Å². The molecule has 1 aromatic heterocycles. The summed E-state index contributed by atoms with van der Waals surface area (Å²) in [4.78, 5) is 22.0. The monoisotopic (exact) mass is 620 g/mol. The number of benzene rings is 3. The Kier molecular flexibility index (Phi) is 7.39. The van der Waals surface area contributed by atoms with Crippen molar-refractivity contribution in [2.45, 2.75) is 44.7 Å². The van der Waals surface area contributed by atoms with Crippen LogP contribution in [0.25, 0.3) is 11.0 Å². The molecule has 3 aliphatic rings. The number of ether oxygens (including phenoxy) is 4. The van der Waals surface area contributed by atoms with Crippen molar-refractivity contribution in [2.24, 2.45) is 0 Å². The molecule has 11 heteroatoms. The Morgan fingerprint density at radius 1 is 1.14 bits per heavy atom. The van der Waals surface area contributed by atoms with Crippen LogP contribution in [0.3, 0.4) is 0 Å². The fourth-order valence-electron chi connectivity index (χ4n) is 6.37. The predicted octanol–water partition coefficient (Wildman–Crippen LogP) is 5.93. The summed E-state index contributed by atoms with van der Waals surface area (Å²) >= 11 is 5.98. The Morgan fingerprint density at radius 3 is 2.64 bits per heavy atom. The van der Waals surface area contributed by atoms with E-state index in [1.54, 1.807) is 25.1 Å². The SMILES string of the molecule is COC(=O)c1ccc2nc(C(C)N3CCN(c4cccc5c4OC(C)(c4ccc(Cl)cc4F)O5)CC3)n(C[C@@H]3CCO3)c2c1. The molecule has 0 amide bonds. The third-order valence-electron chi connectivity index (χ3n) is 8.93. The lowest BCUT2D eigenvalue weighted by molar-refractivity contribution is -0.0705. The molecule has 230 valence electrons. The molecule has 4 heterocycles. The molecular formula is C33H34ClFN4O5. The molecule has 0 aliphatic carbocycles. The van der Waals surface area contributed by atoms with E-state index in [1.165, 1.54) is 13.2 Å². The number of imidazole rings is 1. The number of aromatic nitrogens is 2. The lowest BCUT2D eigenvalue weighted by atomic mass is 10.1. The molecule has 0 N–H and O–H groups in total. The van der Waals surface area contributed by atoms with Crippen LogP contribution in [0.15, 0.2) is 54.6 Å². The van der Waals surface area contributed by atoms with Gasteiger partial charge in [-0.3, -0.25) is 4.90 Å². The predicted molar refractivity (Wildman–Crippen MR) is 164 cm³/mol. The summed E-state index contributed by atoms with van der Waals surface area (Å²) in [6, 6.07) is 15.8. The van der Waals surface area contributed by atoms with Crippen LogP contribution < -0.4 is 14.4 Å². The number of para-hydroxylation sites is 1. The molecule has 3 atom stereocenters. The van der Waals surface area contributed by atoms with Crippen LogP contribution in [-0.4, -0.2) is 66.4 Å². The molecule has 0 saturated carbocycles. The van der Waals surface area contributed by atoms with Crippen LogP contribution in [0.1, 0.15) is 48.1 Å². The van der Waals surface area contributed by atoms with Gasteiger partial charge in [0.25, 0.3) is 5.79 Å². The van der Waals surface area contributed by atoms with Gasteiger partial charge in [0.15, 0.2) is 11.5 Å². The summed E-state index contributed by atoms with van der Waals surface area (Å²) in [5, 5.41) is 0.316. The number of esters is 1. The molecule has 3 aliphatic heterocycles. The minimum absolute atomic E-state index is 0.0310. The van der Waals surface area contributed by atoms with Crippen LogP contribution in [0.2, 0.25) is 5.02 Å². The van der Waals surface area contributed by atoms with Crippen LogP contribution in [-0.2, 0) is 21.8 Å². The Balaban J connectivity index is 1.10. The molecule has 2 saturated heterocycles. The van der Waals surface area contributed by atoms with Gasteiger partial charge < -0.3 is 28.4 Å². The van der Waals surface area contributed by atoms with E-state index < -0.39 is 11.6 Å². The molecular weight excluding hydrogens is 587 g/mol. The first-order chi connectivity index (χ1) is 21.2. The number of rotatable bonds is 7. The van der Waals surface area contributed by atoms with Gasteiger partial charge in [0.05, 0.1) is 53.6 Å². The van der Waals surface area contributed by atoms with Crippen molar-refractivity contribution in [2.75, 3.05) is 44.8 Å². The van der Waals surface area contributed by atoms with E-state index in [0.29, 0.717) is 28.6 Å². The number of carbonyl (C=O) groups excluding carboxylic acids is 1. The van der Waals surface area contributed by atoms with Crippen LogP contribution >= 0.6 is 11.6 Å². The Hall–Kier alpha value is -3.86. The lowest BCUT2D eigenvalue weighted by Crippen LogP contribution is -2.47. The van der Waals surface area contributed by atoms with Gasteiger partial charge in [-0.1, -0.05) is 17.7 Å². The topological polar surface area (TPSA) is 78.3 Å². The summed E-state index contributed by atoms with van der Waals surface area (Å²) in [5.74, 6) is -0.0218. The highest BCUT2D eigenvalue weighted by atomic mass is 35.5.